The second-order valence-corrected chi connectivity index (χ2v) is 8.10. The lowest BCUT2D eigenvalue weighted by Gasteiger charge is -2.29. The fourth-order valence-electron chi connectivity index (χ4n) is 2.62. The summed E-state index contributed by atoms with van der Waals surface area (Å²) in [7, 11) is 0. The van der Waals surface area contributed by atoms with E-state index in [-0.39, 0.29) is 25.1 Å². The van der Waals surface area contributed by atoms with Gasteiger partial charge in [0.2, 0.25) is 5.91 Å². The SMILES string of the molecule is CC[C@H](C)NC(=O)[C@@H](C)N(Cc1ccccc1F)C(=O)COc1ccc(I)cc1. The normalized spacial score (nSPS) is 12.7. The van der Waals surface area contributed by atoms with Crippen LogP contribution in [0.5, 0.6) is 5.75 Å². The molecule has 0 unspecified atom stereocenters. The van der Waals surface area contributed by atoms with Crippen LogP contribution >= 0.6 is 22.6 Å². The fourth-order valence-corrected chi connectivity index (χ4v) is 2.98. The number of hydrogen-bond donors (Lipinski definition) is 1. The largest absolute Gasteiger partial charge is 0.484 e. The van der Waals surface area contributed by atoms with Crippen LogP contribution in [0, 0.1) is 9.39 Å². The molecule has 5 nitrogen and oxygen atoms in total. The maximum absolute atomic E-state index is 14.2. The molecule has 2 rings (SSSR count). The average molecular weight is 512 g/mol. The number of benzene rings is 2. The van der Waals surface area contributed by atoms with Crippen LogP contribution in [0.25, 0.3) is 0 Å². The Kier molecular flexibility index (Phi) is 8.88. The second-order valence-electron chi connectivity index (χ2n) is 6.85. The average Bonchev–Trinajstić information content (AvgIpc) is 2.71. The standard InChI is InChI=1S/C22H26FIN2O3/c1-4-15(2)25-22(28)16(3)26(13-17-7-5-6-8-20(17)23)21(27)14-29-19-11-9-18(24)10-12-19/h5-12,15-16H,4,13-14H2,1-3H3,(H,25,28)/t15-,16+/m0/s1. The topological polar surface area (TPSA) is 58.6 Å². The molecule has 156 valence electrons. The second kappa shape index (κ2) is 11.1. The van der Waals surface area contributed by atoms with Crippen molar-refractivity contribution in [3.8, 4) is 5.75 Å². The first-order chi connectivity index (χ1) is 13.8. The van der Waals surface area contributed by atoms with Gasteiger partial charge in [-0.3, -0.25) is 9.59 Å². The van der Waals surface area contributed by atoms with E-state index in [1.807, 2.05) is 26.0 Å². The summed E-state index contributed by atoms with van der Waals surface area (Å²) in [5, 5.41) is 2.88. The Hall–Kier alpha value is -2.16. The van der Waals surface area contributed by atoms with Crippen molar-refractivity contribution >= 4 is 34.4 Å². The van der Waals surface area contributed by atoms with Crippen LogP contribution in [0.15, 0.2) is 48.5 Å². The van der Waals surface area contributed by atoms with Crippen LogP contribution in [-0.2, 0) is 16.1 Å². The van der Waals surface area contributed by atoms with E-state index in [1.54, 1.807) is 37.3 Å². The smallest absolute Gasteiger partial charge is 0.261 e. The van der Waals surface area contributed by atoms with Crippen molar-refractivity contribution in [1.82, 2.24) is 10.2 Å². The lowest BCUT2D eigenvalue weighted by atomic mass is 10.1. The van der Waals surface area contributed by atoms with Gasteiger partial charge in [-0.05, 0) is 73.2 Å². The van der Waals surface area contributed by atoms with Gasteiger partial charge in [0.1, 0.15) is 17.6 Å². The summed E-state index contributed by atoms with van der Waals surface area (Å²) in [6.45, 7) is 5.24. The quantitative estimate of drug-likeness (QED) is 0.514. The minimum atomic E-state index is -0.767. The van der Waals surface area contributed by atoms with E-state index in [9.17, 15) is 14.0 Å². The van der Waals surface area contributed by atoms with E-state index >= 15 is 0 Å². The Morgan fingerprint density at radius 2 is 1.79 bits per heavy atom. The van der Waals surface area contributed by atoms with Gasteiger partial charge in [0.05, 0.1) is 0 Å². The van der Waals surface area contributed by atoms with Crippen LogP contribution in [0.3, 0.4) is 0 Å². The molecule has 0 heterocycles. The maximum Gasteiger partial charge on any atom is 0.261 e. The minimum absolute atomic E-state index is 0.0154. The molecule has 7 heteroatoms. The predicted molar refractivity (Wildman–Crippen MR) is 119 cm³/mol. The number of amides is 2. The first-order valence-corrected chi connectivity index (χ1v) is 10.6. The molecule has 29 heavy (non-hydrogen) atoms. The number of rotatable bonds is 9. The fraction of sp³-hybridized carbons (Fsp3) is 0.364. The number of nitrogens with one attached hydrogen (secondary N) is 1. The third kappa shape index (κ3) is 6.99. The summed E-state index contributed by atoms with van der Waals surface area (Å²) in [6.07, 6.45) is 0.773. The lowest BCUT2D eigenvalue weighted by molar-refractivity contribution is -0.142. The molecule has 0 spiro atoms. The van der Waals surface area contributed by atoms with Crippen LogP contribution in [0.4, 0.5) is 4.39 Å². The Morgan fingerprint density at radius 3 is 2.41 bits per heavy atom. The summed E-state index contributed by atoms with van der Waals surface area (Å²) in [4.78, 5) is 26.9. The number of ether oxygens (including phenoxy) is 1. The van der Waals surface area contributed by atoms with E-state index in [2.05, 4.69) is 27.9 Å². The molecule has 0 saturated heterocycles. The first-order valence-electron chi connectivity index (χ1n) is 9.53. The van der Waals surface area contributed by atoms with Crippen molar-refractivity contribution in [3.63, 3.8) is 0 Å². The molecule has 0 aliphatic carbocycles. The van der Waals surface area contributed by atoms with Crippen molar-refractivity contribution < 1.29 is 18.7 Å². The molecule has 2 aromatic carbocycles. The van der Waals surface area contributed by atoms with Gasteiger partial charge in [-0.1, -0.05) is 25.1 Å². The molecule has 0 aliphatic heterocycles. The van der Waals surface area contributed by atoms with Gasteiger partial charge in [-0.2, -0.15) is 0 Å². The van der Waals surface area contributed by atoms with Crippen LogP contribution in [-0.4, -0.2) is 35.4 Å². The molecule has 2 amide bonds. The predicted octanol–water partition coefficient (Wildman–Crippen LogP) is 4.14. The molecule has 0 aromatic heterocycles. The van der Waals surface area contributed by atoms with Crippen LogP contribution in [0.2, 0.25) is 0 Å². The van der Waals surface area contributed by atoms with Crippen molar-refractivity contribution in [1.29, 1.82) is 0 Å². The van der Waals surface area contributed by atoms with Gasteiger partial charge in [0.15, 0.2) is 6.61 Å². The molecule has 1 N–H and O–H groups in total. The zero-order chi connectivity index (χ0) is 21.4. The molecular weight excluding hydrogens is 486 g/mol. The molecule has 0 bridgehead atoms. The Balaban J connectivity index is 2.15. The summed E-state index contributed by atoms with van der Waals surface area (Å²) >= 11 is 2.18. The lowest BCUT2D eigenvalue weighted by Crippen LogP contribution is -2.50. The van der Waals surface area contributed by atoms with Crippen molar-refractivity contribution in [2.24, 2.45) is 0 Å². The molecule has 0 fully saturated rings. The summed E-state index contributed by atoms with van der Waals surface area (Å²) in [6, 6.07) is 12.7. The van der Waals surface area contributed by atoms with Gasteiger partial charge in [0.25, 0.3) is 5.91 Å². The van der Waals surface area contributed by atoms with Gasteiger partial charge in [-0.25, -0.2) is 4.39 Å². The summed E-state index contributed by atoms with van der Waals surface area (Å²) < 4.78 is 20.8. The van der Waals surface area contributed by atoms with E-state index < -0.39 is 17.8 Å². The third-order valence-electron chi connectivity index (χ3n) is 4.64. The number of nitrogens with zero attached hydrogens (tertiary/aromatic N) is 1. The molecular formula is C22H26FIN2O3. The molecule has 0 radical (unpaired) electrons. The highest BCUT2D eigenvalue weighted by Crippen LogP contribution is 2.16. The van der Waals surface area contributed by atoms with Gasteiger partial charge in [-0.15, -0.1) is 0 Å². The highest BCUT2D eigenvalue weighted by molar-refractivity contribution is 14.1. The van der Waals surface area contributed by atoms with Crippen molar-refractivity contribution in [2.75, 3.05) is 6.61 Å². The van der Waals surface area contributed by atoms with Gasteiger partial charge >= 0.3 is 0 Å². The van der Waals surface area contributed by atoms with Crippen molar-refractivity contribution in [3.05, 3.63) is 63.5 Å². The Bertz CT molecular complexity index is 829. The monoisotopic (exact) mass is 512 g/mol. The Labute approximate surface area is 184 Å². The van der Waals surface area contributed by atoms with E-state index in [4.69, 9.17) is 4.74 Å². The van der Waals surface area contributed by atoms with Gasteiger partial charge in [0, 0.05) is 21.7 Å². The molecule has 2 aromatic rings. The van der Waals surface area contributed by atoms with E-state index in [1.165, 1.54) is 11.0 Å². The molecule has 0 saturated carbocycles. The van der Waals surface area contributed by atoms with Crippen LogP contribution in [0.1, 0.15) is 32.8 Å². The summed E-state index contributed by atoms with van der Waals surface area (Å²) in [5.41, 5.74) is 0.346. The molecule has 0 aliphatic rings. The van der Waals surface area contributed by atoms with E-state index in [0.717, 1.165) is 9.99 Å². The third-order valence-corrected chi connectivity index (χ3v) is 5.36. The van der Waals surface area contributed by atoms with Gasteiger partial charge < -0.3 is 15.0 Å². The Morgan fingerprint density at radius 1 is 1.14 bits per heavy atom. The highest BCUT2D eigenvalue weighted by Gasteiger charge is 2.27. The molecule has 2 atom stereocenters. The number of carbonyl (C=O) groups excluding carboxylic acids is 2. The number of halogens is 2. The van der Waals surface area contributed by atoms with Crippen LogP contribution < -0.4 is 10.1 Å². The number of hydrogen-bond acceptors (Lipinski definition) is 3. The minimum Gasteiger partial charge on any atom is -0.484 e. The number of carbonyl (C=O) groups is 2. The zero-order valence-corrected chi connectivity index (χ0v) is 19.0. The summed E-state index contributed by atoms with van der Waals surface area (Å²) in [5.74, 6) is -0.531. The highest BCUT2D eigenvalue weighted by atomic mass is 127. The first kappa shape index (κ1) is 23.1. The zero-order valence-electron chi connectivity index (χ0n) is 16.8. The maximum atomic E-state index is 14.2. The van der Waals surface area contributed by atoms with Crippen molar-refractivity contribution in [2.45, 2.75) is 45.8 Å². The van der Waals surface area contributed by atoms with E-state index in [0.29, 0.717) is 11.3 Å².